The van der Waals surface area contributed by atoms with E-state index < -0.39 is 41.0 Å². The number of anilines is 2. The standard InChI is InChI=1S/C36H44N2O5/c1-7-8-9-18-43-27-16-14-26(15-17-27)31-32(34(40)37-28-19-22(2)10-12-24(28)4)30(39)21-36(6,42)33(31)35(41)38-29-20-23(3)11-13-25(29)5/h10-17,19-20,31-33,42H,7-9,18,21H2,1-6H3,(H,37,40)(H,38,41). The zero-order chi connectivity index (χ0) is 31.3. The zero-order valence-electron chi connectivity index (χ0n) is 26.1. The number of carbonyl (C=O) groups excluding carboxylic acids is 3. The van der Waals surface area contributed by atoms with E-state index in [0.717, 1.165) is 41.5 Å². The van der Waals surface area contributed by atoms with Crippen LogP contribution in [0.2, 0.25) is 0 Å². The minimum Gasteiger partial charge on any atom is -0.494 e. The van der Waals surface area contributed by atoms with Crippen LogP contribution in [0.25, 0.3) is 0 Å². The van der Waals surface area contributed by atoms with E-state index in [1.54, 1.807) is 24.3 Å². The minimum absolute atomic E-state index is 0.322. The van der Waals surface area contributed by atoms with Crippen molar-refractivity contribution in [3.63, 3.8) is 0 Å². The van der Waals surface area contributed by atoms with Gasteiger partial charge in [-0.1, -0.05) is 56.2 Å². The number of aryl methyl sites for hydroxylation is 4. The molecule has 0 spiro atoms. The molecule has 1 aliphatic rings. The molecule has 1 fully saturated rings. The first kappa shape index (κ1) is 32.0. The van der Waals surface area contributed by atoms with Crippen molar-refractivity contribution in [1.29, 1.82) is 0 Å². The van der Waals surface area contributed by atoms with Crippen molar-refractivity contribution >= 4 is 29.0 Å². The van der Waals surface area contributed by atoms with Crippen molar-refractivity contribution < 1.29 is 24.2 Å². The van der Waals surface area contributed by atoms with E-state index in [1.165, 1.54) is 6.92 Å². The third-order valence-electron chi connectivity index (χ3n) is 8.42. The fourth-order valence-electron chi connectivity index (χ4n) is 5.98. The van der Waals surface area contributed by atoms with Crippen LogP contribution in [0, 0.1) is 39.5 Å². The van der Waals surface area contributed by atoms with Crippen LogP contribution in [0.4, 0.5) is 11.4 Å². The van der Waals surface area contributed by atoms with Gasteiger partial charge in [0.2, 0.25) is 11.8 Å². The summed E-state index contributed by atoms with van der Waals surface area (Å²) >= 11 is 0. The smallest absolute Gasteiger partial charge is 0.235 e. The van der Waals surface area contributed by atoms with Crippen molar-refractivity contribution in [2.45, 2.75) is 78.7 Å². The Bertz CT molecular complexity index is 1480. The lowest BCUT2D eigenvalue weighted by Gasteiger charge is -2.44. The molecule has 0 bridgehead atoms. The summed E-state index contributed by atoms with van der Waals surface area (Å²) in [5, 5.41) is 17.6. The molecule has 1 aliphatic carbocycles. The van der Waals surface area contributed by atoms with Crippen LogP contribution < -0.4 is 15.4 Å². The van der Waals surface area contributed by atoms with Crippen molar-refractivity contribution in [2.75, 3.05) is 17.2 Å². The predicted molar refractivity (Wildman–Crippen MR) is 171 cm³/mol. The lowest BCUT2D eigenvalue weighted by Crippen LogP contribution is -2.56. The summed E-state index contributed by atoms with van der Waals surface area (Å²) in [5.41, 5.74) is 3.84. The van der Waals surface area contributed by atoms with Gasteiger partial charge in [0.25, 0.3) is 0 Å². The molecule has 228 valence electrons. The van der Waals surface area contributed by atoms with E-state index in [4.69, 9.17) is 4.74 Å². The molecule has 1 saturated carbocycles. The number of hydrogen-bond donors (Lipinski definition) is 3. The molecule has 7 nitrogen and oxygen atoms in total. The number of rotatable bonds is 10. The second-order valence-corrected chi connectivity index (χ2v) is 12.2. The number of benzene rings is 3. The fourth-order valence-corrected chi connectivity index (χ4v) is 5.98. The molecular weight excluding hydrogens is 540 g/mol. The van der Waals surface area contributed by atoms with E-state index >= 15 is 0 Å². The van der Waals surface area contributed by atoms with Crippen LogP contribution in [-0.2, 0) is 14.4 Å². The molecule has 3 N–H and O–H groups in total. The molecule has 0 heterocycles. The summed E-state index contributed by atoms with van der Waals surface area (Å²) in [6.45, 7) is 11.9. The van der Waals surface area contributed by atoms with Crippen molar-refractivity contribution in [3.05, 3.63) is 88.5 Å². The van der Waals surface area contributed by atoms with Crippen LogP contribution in [0.15, 0.2) is 60.7 Å². The van der Waals surface area contributed by atoms with Gasteiger partial charge in [-0.2, -0.15) is 0 Å². The second kappa shape index (κ2) is 13.6. The first-order chi connectivity index (χ1) is 20.4. The summed E-state index contributed by atoms with van der Waals surface area (Å²) in [7, 11) is 0. The van der Waals surface area contributed by atoms with Gasteiger partial charge < -0.3 is 20.5 Å². The SMILES string of the molecule is CCCCCOc1ccc(C2C(C(=O)Nc3cc(C)ccc3C)C(=O)CC(C)(O)C2C(=O)Nc2cc(C)ccc2C)cc1. The number of ether oxygens (including phenoxy) is 1. The highest BCUT2D eigenvalue weighted by atomic mass is 16.5. The van der Waals surface area contributed by atoms with E-state index in [0.29, 0.717) is 29.3 Å². The van der Waals surface area contributed by atoms with Gasteiger partial charge in [0, 0.05) is 23.7 Å². The molecule has 2 amide bonds. The van der Waals surface area contributed by atoms with Gasteiger partial charge in [-0.05, 0) is 93.1 Å². The van der Waals surface area contributed by atoms with Crippen LogP contribution in [-0.4, -0.2) is 34.9 Å². The molecule has 43 heavy (non-hydrogen) atoms. The maximum absolute atomic E-state index is 14.1. The number of amides is 2. The van der Waals surface area contributed by atoms with E-state index in [1.807, 2.05) is 64.1 Å². The molecule has 7 heteroatoms. The first-order valence-electron chi connectivity index (χ1n) is 15.2. The molecule has 0 radical (unpaired) electrons. The third-order valence-corrected chi connectivity index (χ3v) is 8.42. The quantitative estimate of drug-likeness (QED) is 0.179. The zero-order valence-corrected chi connectivity index (χ0v) is 26.1. The highest BCUT2D eigenvalue weighted by molar-refractivity contribution is 6.10. The summed E-state index contributed by atoms with van der Waals surface area (Å²) in [5.74, 6) is -3.87. The minimum atomic E-state index is -1.69. The highest BCUT2D eigenvalue weighted by Gasteiger charge is 2.56. The van der Waals surface area contributed by atoms with Gasteiger partial charge in [-0.15, -0.1) is 0 Å². The largest absolute Gasteiger partial charge is 0.494 e. The van der Waals surface area contributed by atoms with Crippen LogP contribution in [0.1, 0.15) is 73.3 Å². The summed E-state index contributed by atoms with van der Waals surface area (Å²) in [4.78, 5) is 41.7. The predicted octanol–water partition coefficient (Wildman–Crippen LogP) is 6.81. The maximum atomic E-state index is 14.1. The fraction of sp³-hybridized carbons (Fsp3) is 0.417. The van der Waals surface area contributed by atoms with Gasteiger partial charge in [-0.3, -0.25) is 14.4 Å². The summed E-state index contributed by atoms with van der Waals surface area (Å²) in [6.07, 6.45) is 2.79. The summed E-state index contributed by atoms with van der Waals surface area (Å²) in [6, 6.07) is 18.7. The van der Waals surface area contributed by atoms with Gasteiger partial charge >= 0.3 is 0 Å². The van der Waals surface area contributed by atoms with E-state index in [9.17, 15) is 19.5 Å². The van der Waals surface area contributed by atoms with Crippen molar-refractivity contribution in [1.82, 2.24) is 0 Å². The van der Waals surface area contributed by atoms with Crippen molar-refractivity contribution in [3.8, 4) is 5.75 Å². The topological polar surface area (TPSA) is 105 Å². The van der Waals surface area contributed by atoms with Crippen LogP contribution in [0.5, 0.6) is 5.75 Å². The first-order valence-corrected chi connectivity index (χ1v) is 15.2. The number of carbonyl (C=O) groups is 3. The van der Waals surface area contributed by atoms with Crippen LogP contribution in [0.3, 0.4) is 0 Å². The van der Waals surface area contributed by atoms with Gasteiger partial charge in [0.1, 0.15) is 17.5 Å². The molecule has 0 aliphatic heterocycles. The Kier molecular flexibility index (Phi) is 10.1. The Balaban J connectivity index is 1.74. The normalized spacial score (nSPS) is 21.7. The molecule has 4 unspecified atom stereocenters. The lowest BCUT2D eigenvalue weighted by molar-refractivity contribution is -0.150. The average molecular weight is 585 g/mol. The van der Waals surface area contributed by atoms with Crippen LogP contribution >= 0.6 is 0 Å². The Morgan fingerprint density at radius 2 is 1.42 bits per heavy atom. The van der Waals surface area contributed by atoms with E-state index in [2.05, 4.69) is 17.6 Å². The van der Waals surface area contributed by atoms with E-state index in [-0.39, 0.29) is 6.42 Å². The molecule has 0 saturated heterocycles. The Morgan fingerprint density at radius 1 is 0.860 bits per heavy atom. The Morgan fingerprint density at radius 3 is 1.98 bits per heavy atom. The van der Waals surface area contributed by atoms with Gasteiger partial charge in [0.05, 0.1) is 18.1 Å². The number of ketones is 1. The summed E-state index contributed by atoms with van der Waals surface area (Å²) < 4.78 is 5.89. The highest BCUT2D eigenvalue weighted by Crippen LogP contribution is 2.47. The number of Topliss-reactive ketones (excluding diaryl/α,β-unsaturated/α-hetero) is 1. The monoisotopic (exact) mass is 584 g/mol. The number of unbranched alkanes of at least 4 members (excludes halogenated alkanes) is 2. The number of hydrogen-bond acceptors (Lipinski definition) is 5. The van der Waals surface area contributed by atoms with Crippen molar-refractivity contribution in [2.24, 2.45) is 11.8 Å². The second-order valence-electron chi connectivity index (χ2n) is 12.2. The Hall–Kier alpha value is -3.97. The third kappa shape index (κ3) is 7.52. The molecule has 3 aromatic rings. The van der Waals surface area contributed by atoms with Gasteiger partial charge in [0.15, 0.2) is 0 Å². The molecule has 4 rings (SSSR count). The molecule has 3 aromatic carbocycles. The average Bonchev–Trinajstić information content (AvgIpc) is 2.94. The maximum Gasteiger partial charge on any atom is 0.235 e. The number of nitrogens with one attached hydrogen (secondary N) is 2. The Labute approximate surface area is 255 Å². The lowest BCUT2D eigenvalue weighted by atomic mass is 9.61. The number of aliphatic hydroxyl groups is 1. The molecule has 4 atom stereocenters. The molecule has 0 aromatic heterocycles. The molecular formula is C36H44N2O5. The van der Waals surface area contributed by atoms with Gasteiger partial charge in [-0.25, -0.2) is 0 Å².